The van der Waals surface area contributed by atoms with Crippen molar-refractivity contribution < 1.29 is 0 Å². The third-order valence-electron chi connectivity index (χ3n) is 2.38. The van der Waals surface area contributed by atoms with E-state index in [0.29, 0.717) is 10.6 Å². The van der Waals surface area contributed by atoms with Gasteiger partial charge >= 0.3 is 0 Å². The zero-order valence-corrected chi connectivity index (χ0v) is 11.6. The maximum atomic E-state index is 8.94. The summed E-state index contributed by atoms with van der Waals surface area (Å²) in [4.78, 5) is 1.69. The van der Waals surface area contributed by atoms with Crippen LogP contribution in [0.1, 0.15) is 10.4 Å². The number of halogens is 1. The predicted octanol–water partition coefficient (Wildman–Crippen LogP) is 3.78. The Morgan fingerprint density at radius 3 is 2.75 bits per heavy atom. The van der Waals surface area contributed by atoms with Gasteiger partial charge in [0.1, 0.15) is 10.9 Å². The van der Waals surface area contributed by atoms with Crippen LogP contribution < -0.4 is 5.73 Å². The van der Waals surface area contributed by atoms with Crippen molar-refractivity contribution in [3.63, 3.8) is 0 Å². The van der Waals surface area contributed by atoms with Gasteiger partial charge in [0.2, 0.25) is 0 Å². The molecule has 0 saturated carbocycles. The Morgan fingerprint density at radius 1 is 1.44 bits per heavy atom. The van der Waals surface area contributed by atoms with Gasteiger partial charge in [-0.1, -0.05) is 12.1 Å². The zero-order chi connectivity index (χ0) is 11.7. The van der Waals surface area contributed by atoms with E-state index in [1.54, 1.807) is 0 Å². The quantitative estimate of drug-likeness (QED) is 0.803. The number of nitrogen functional groups attached to an aromatic ring is 1. The van der Waals surface area contributed by atoms with Gasteiger partial charge in [0.05, 0.1) is 5.69 Å². The van der Waals surface area contributed by atoms with Crippen LogP contribution in [0.25, 0.3) is 10.4 Å². The normalized spacial score (nSPS) is 10.1. The fourth-order valence-corrected chi connectivity index (χ4v) is 3.08. The van der Waals surface area contributed by atoms with Gasteiger partial charge in [0.25, 0.3) is 0 Å². The van der Waals surface area contributed by atoms with E-state index in [2.05, 4.69) is 34.7 Å². The summed E-state index contributed by atoms with van der Waals surface area (Å²) < 4.78 is 1.18. The summed E-state index contributed by atoms with van der Waals surface area (Å²) in [6.45, 7) is 1.96. The lowest BCUT2D eigenvalue weighted by Crippen LogP contribution is -1.87. The molecule has 1 aromatic heterocycles. The zero-order valence-electron chi connectivity index (χ0n) is 8.62. The third-order valence-corrected chi connectivity index (χ3v) is 4.31. The molecule has 0 atom stereocenters. The Balaban J connectivity index is 2.62. The van der Waals surface area contributed by atoms with Crippen molar-refractivity contribution in [3.8, 4) is 16.5 Å². The van der Waals surface area contributed by atoms with E-state index in [-0.39, 0.29) is 0 Å². The van der Waals surface area contributed by atoms with Crippen molar-refractivity contribution in [3.05, 3.63) is 38.3 Å². The molecule has 0 aliphatic rings. The van der Waals surface area contributed by atoms with Crippen LogP contribution in [0.2, 0.25) is 0 Å². The van der Waals surface area contributed by atoms with Gasteiger partial charge in [-0.05, 0) is 52.8 Å². The maximum absolute atomic E-state index is 8.94. The summed E-state index contributed by atoms with van der Waals surface area (Å²) in [5.74, 6) is 0. The average Bonchev–Trinajstić information content (AvgIpc) is 2.56. The lowest BCUT2D eigenvalue weighted by Gasteiger charge is -2.00. The molecule has 0 unspecified atom stereocenters. The number of hydrogen-bond acceptors (Lipinski definition) is 3. The Morgan fingerprint density at radius 2 is 2.19 bits per heavy atom. The highest BCUT2D eigenvalue weighted by Crippen LogP contribution is 2.37. The number of rotatable bonds is 1. The molecule has 2 N–H and O–H groups in total. The first-order valence-electron chi connectivity index (χ1n) is 4.68. The molecular formula is C12H9IN2S. The van der Waals surface area contributed by atoms with Crippen LogP contribution in [-0.4, -0.2) is 0 Å². The Bertz CT molecular complexity index is 581. The Kier molecular flexibility index (Phi) is 3.17. The molecule has 1 heterocycles. The molecule has 4 heteroatoms. The second kappa shape index (κ2) is 4.44. The molecular weight excluding hydrogens is 331 g/mol. The number of thiophene rings is 1. The largest absolute Gasteiger partial charge is 0.397 e. The molecule has 2 rings (SSSR count). The van der Waals surface area contributed by atoms with Crippen LogP contribution in [0.15, 0.2) is 24.3 Å². The van der Waals surface area contributed by atoms with Gasteiger partial charge in [-0.2, -0.15) is 5.26 Å². The van der Waals surface area contributed by atoms with Crippen LogP contribution in [0.4, 0.5) is 5.69 Å². The molecule has 2 nitrogen and oxygen atoms in total. The van der Waals surface area contributed by atoms with E-state index in [4.69, 9.17) is 11.0 Å². The molecule has 0 aliphatic carbocycles. The van der Waals surface area contributed by atoms with Gasteiger partial charge in [-0.25, -0.2) is 0 Å². The minimum absolute atomic E-state index is 0.603. The summed E-state index contributed by atoms with van der Waals surface area (Å²) in [6, 6.07) is 10.3. The molecule has 2 aromatic rings. The fraction of sp³-hybridized carbons (Fsp3) is 0.0833. The Hall–Kier alpha value is -1.06. The third kappa shape index (κ3) is 1.93. The van der Waals surface area contributed by atoms with E-state index in [1.807, 2.05) is 25.1 Å². The predicted molar refractivity (Wildman–Crippen MR) is 76.3 cm³/mol. The average molecular weight is 340 g/mol. The van der Waals surface area contributed by atoms with E-state index >= 15 is 0 Å². The van der Waals surface area contributed by atoms with Crippen LogP contribution in [0.3, 0.4) is 0 Å². The Labute approximate surface area is 112 Å². The van der Waals surface area contributed by atoms with Gasteiger partial charge in [-0.3, -0.25) is 0 Å². The van der Waals surface area contributed by atoms with E-state index in [0.717, 1.165) is 16.0 Å². The number of nitrogens with two attached hydrogens (primary N) is 1. The van der Waals surface area contributed by atoms with Crippen LogP contribution in [0.5, 0.6) is 0 Å². The molecule has 0 amide bonds. The van der Waals surface area contributed by atoms with E-state index < -0.39 is 0 Å². The summed E-state index contributed by atoms with van der Waals surface area (Å²) in [5.41, 5.74) is 8.62. The van der Waals surface area contributed by atoms with E-state index in [9.17, 15) is 0 Å². The molecule has 1 aromatic carbocycles. The molecule has 0 radical (unpaired) electrons. The molecule has 0 fully saturated rings. The van der Waals surface area contributed by atoms with Gasteiger partial charge < -0.3 is 5.73 Å². The number of benzene rings is 1. The number of nitriles is 1. The second-order valence-electron chi connectivity index (χ2n) is 3.42. The topological polar surface area (TPSA) is 49.8 Å². The van der Waals surface area contributed by atoms with Crippen molar-refractivity contribution in [2.75, 3.05) is 5.73 Å². The maximum Gasteiger partial charge on any atom is 0.128 e. The van der Waals surface area contributed by atoms with Crippen LogP contribution in [-0.2, 0) is 0 Å². The highest BCUT2D eigenvalue weighted by Gasteiger charge is 2.13. The summed E-state index contributed by atoms with van der Waals surface area (Å²) in [7, 11) is 0. The van der Waals surface area contributed by atoms with Crippen molar-refractivity contribution in [1.29, 1.82) is 5.26 Å². The van der Waals surface area contributed by atoms with Crippen molar-refractivity contribution >= 4 is 39.6 Å². The van der Waals surface area contributed by atoms with Crippen molar-refractivity contribution in [1.82, 2.24) is 0 Å². The summed E-state index contributed by atoms with van der Waals surface area (Å²) in [5, 5.41) is 8.94. The molecule has 0 aliphatic heterocycles. The smallest absolute Gasteiger partial charge is 0.128 e. The van der Waals surface area contributed by atoms with Crippen LogP contribution in [0, 0.1) is 21.8 Å². The van der Waals surface area contributed by atoms with Crippen LogP contribution >= 0.6 is 33.9 Å². The number of hydrogen-bond donors (Lipinski definition) is 1. The SMILES string of the molecule is Cc1c(-c2cccc(I)c2)sc(C#N)c1N. The first-order valence-corrected chi connectivity index (χ1v) is 6.58. The van der Waals surface area contributed by atoms with Crippen molar-refractivity contribution in [2.24, 2.45) is 0 Å². The molecule has 16 heavy (non-hydrogen) atoms. The first kappa shape index (κ1) is 11.4. The molecule has 0 saturated heterocycles. The summed E-state index contributed by atoms with van der Waals surface area (Å²) in [6.07, 6.45) is 0. The monoisotopic (exact) mass is 340 g/mol. The standard InChI is InChI=1S/C12H9IN2S/c1-7-11(15)10(6-14)16-12(7)8-3-2-4-9(13)5-8/h2-5H,15H2,1H3. The number of nitrogens with zero attached hydrogens (tertiary/aromatic N) is 1. The van der Waals surface area contributed by atoms with Gasteiger partial charge in [-0.15, -0.1) is 11.3 Å². The highest BCUT2D eigenvalue weighted by atomic mass is 127. The molecule has 0 bridgehead atoms. The minimum Gasteiger partial charge on any atom is -0.397 e. The van der Waals surface area contributed by atoms with E-state index in [1.165, 1.54) is 14.9 Å². The van der Waals surface area contributed by atoms with Crippen molar-refractivity contribution in [2.45, 2.75) is 6.92 Å². The molecule has 0 spiro atoms. The lowest BCUT2D eigenvalue weighted by molar-refractivity contribution is 1.49. The second-order valence-corrected chi connectivity index (χ2v) is 5.69. The lowest BCUT2D eigenvalue weighted by atomic mass is 10.1. The fourth-order valence-electron chi connectivity index (χ4n) is 1.51. The highest BCUT2D eigenvalue weighted by molar-refractivity contribution is 14.1. The minimum atomic E-state index is 0.603. The first-order chi connectivity index (χ1) is 7.63. The number of anilines is 1. The summed E-state index contributed by atoms with van der Waals surface area (Å²) >= 11 is 3.74. The van der Waals surface area contributed by atoms with Gasteiger partial charge in [0.15, 0.2) is 0 Å². The van der Waals surface area contributed by atoms with Gasteiger partial charge in [0, 0.05) is 8.45 Å². The molecule has 80 valence electrons.